The summed E-state index contributed by atoms with van der Waals surface area (Å²) in [7, 11) is 0. The zero-order chi connectivity index (χ0) is 14.1. The lowest BCUT2D eigenvalue weighted by atomic mass is 10.0. The van der Waals surface area contributed by atoms with Gasteiger partial charge in [-0.25, -0.2) is 4.39 Å². The molecule has 3 aromatic rings. The average Bonchev–Trinajstić information content (AvgIpc) is 2.48. The maximum absolute atomic E-state index is 13.8. The van der Waals surface area contributed by atoms with Crippen LogP contribution in [-0.2, 0) is 0 Å². The minimum absolute atomic E-state index is 0.148. The zero-order valence-electron chi connectivity index (χ0n) is 10.4. The molecule has 0 saturated heterocycles. The van der Waals surface area contributed by atoms with E-state index in [9.17, 15) is 9.50 Å². The Hall–Kier alpha value is -1.97. The Labute approximate surface area is 120 Å². The zero-order valence-corrected chi connectivity index (χ0v) is 11.2. The van der Waals surface area contributed by atoms with Gasteiger partial charge in [0.25, 0.3) is 0 Å². The molecule has 0 radical (unpaired) electrons. The van der Waals surface area contributed by atoms with Crippen LogP contribution in [0.1, 0.15) is 17.2 Å². The summed E-state index contributed by atoms with van der Waals surface area (Å²) in [5, 5.41) is 11.6. The van der Waals surface area contributed by atoms with Crippen LogP contribution < -0.4 is 0 Å². The largest absolute Gasteiger partial charge is 0.383 e. The lowest BCUT2D eigenvalue weighted by Crippen LogP contribution is -2.03. The highest BCUT2D eigenvalue weighted by atomic mass is 35.5. The summed E-state index contributed by atoms with van der Waals surface area (Å²) in [6, 6.07) is 13.5. The Morgan fingerprint density at radius 3 is 2.75 bits per heavy atom. The van der Waals surface area contributed by atoms with Crippen molar-refractivity contribution >= 4 is 22.5 Å². The Morgan fingerprint density at radius 2 is 1.90 bits per heavy atom. The summed E-state index contributed by atoms with van der Waals surface area (Å²) < 4.78 is 13.8. The minimum Gasteiger partial charge on any atom is -0.383 e. The van der Waals surface area contributed by atoms with Crippen molar-refractivity contribution in [2.24, 2.45) is 0 Å². The number of aliphatic hydroxyl groups excluding tert-OH is 1. The van der Waals surface area contributed by atoms with Crippen molar-refractivity contribution in [1.82, 2.24) is 4.98 Å². The van der Waals surface area contributed by atoms with Gasteiger partial charge in [-0.2, -0.15) is 0 Å². The van der Waals surface area contributed by atoms with E-state index in [1.165, 1.54) is 18.2 Å². The minimum atomic E-state index is -1.09. The lowest BCUT2D eigenvalue weighted by molar-refractivity contribution is 0.214. The first-order valence-electron chi connectivity index (χ1n) is 6.13. The molecular formula is C16H11ClFNO. The van der Waals surface area contributed by atoms with Gasteiger partial charge in [0.15, 0.2) is 0 Å². The Morgan fingerprint density at radius 1 is 1.10 bits per heavy atom. The molecule has 2 nitrogen and oxygen atoms in total. The molecule has 0 aliphatic carbocycles. The van der Waals surface area contributed by atoms with Gasteiger partial charge in [0, 0.05) is 27.7 Å². The van der Waals surface area contributed by atoms with Gasteiger partial charge in [0.1, 0.15) is 11.9 Å². The van der Waals surface area contributed by atoms with E-state index in [0.29, 0.717) is 10.6 Å². The number of pyridine rings is 1. The van der Waals surface area contributed by atoms with Crippen LogP contribution in [0.25, 0.3) is 10.9 Å². The fraction of sp³-hybridized carbons (Fsp3) is 0.0625. The number of nitrogens with zero attached hydrogens (tertiary/aromatic N) is 1. The standard InChI is InChI=1S/C16H11ClFNO/c17-12-5-6-14(18)13(8-12)16(20)11-7-10-3-1-2-4-15(10)19-9-11/h1-9,16,20H. The molecule has 1 N–H and O–H groups in total. The van der Waals surface area contributed by atoms with E-state index in [1.54, 1.807) is 12.3 Å². The molecular weight excluding hydrogens is 277 g/mol. The lowest BCUT2D eigenvalue weighted by Gasteiger charge is -2.13. The van der Waals surface area contributed by atoms with Crippen molar-refractivity contribution in [2.75, 3.05) is 0 Å². The predicted molar refractivity (Wildman–Crippen MR) is 77.2 cm³/mol. The molecule has 0 bridgehead atoms. The average molecular weight is 288 g/mol. The van der Waals surface area contributed by atoms with E-state index in [4.69, 9.17) is 11.6 Å². The number of rotatable bonds is 2. The summed E-state index contributed by atoms with van der Waals surface area (Å²) in [6.07, 6.45) is 0.457. The molecule has 0 spiro atoms. The first kappa shape index (κ1) is 13.0. The molecule has 100 valence electrons. The fourth-order valence-corrected chi connectivity index (χ4v) is 2.32. The summed E-state index contributed by atoms with van der Waals surface area (Å²) in [4.78, 5) is 4.26. The highest BCUT2D eigenvalue weighted by molar-refractivity contribution is 6.30. The molecule has 4 heteroatoms. The van der Waals surface area contributed by atoms with Gasteiger partial charge in [-0.3, -0.25) is 4.98 Å². The number of hydrogen-bond donors (Lipinski definition) is 1. The summed E-state index contributed by atoms with van der Waals surface area (Å²) in [5.41, 5.74) is 1.51. The fourth-order valence-electron chi connectivity index (χ4n) is 2.14. The van der Waals surface area contributed by atoms with Gasteiger partial charge >= 0.3 is 0 Å². The topological polar surface area (TPSA) is 33.1 Å². The number of halogens is 2. The van der Waals surface area contributed by atoms with Gasteiger partial charge in [-0.1, -0.05) is 29.8 Å². The molecule has 20 heavy (non-hydrogen) atoms. The number of fused-ring (bicyclic) bond motifs is 1. The van der Waals surface area contributed by atoms with E-state index in [0.717, 1.165) is 10.9 Å². The third-order valence-electron chi connectivity index (χ3n) is 3.18. The molecule has 1 heterocycles. The van der Waals surface area contributed by atoms with Crippen LogP contribution in [0.4, 0.5) is 4.39 Å². The number of hydrogen-bond acceptors (Lipinski definition) is 2. The molecule has 0 aliphatic heterocycles. The van der Waals surface area contributed by atoms with Crippen LogP contribution in [0.3, 0.4) is 0 Å². The molecule has 1 aromatic heterocycles. The Balaban J connectivity index is 2.07. The normalized spacial score (nSPS) is 12.6. The van der Waals surface area contributed by atoms with Crippen LogP contribution in [0.5, 0.6) is 0 Å². The SMILES string of the molecule is OC(c1cnc2ccccc2c1)c1cc(Cl)ccc1F. The molecule has 0 aliphatic rings. The molecule has 0 fully saturated rings. The van der Waals surface area contributed by atoms with Gasteiger partial charge in [-0.05, 0) is 30.3 Å². The summed E-state index contributed by atoms with van der Waals surface area (Å²) in [6.45, 7) is 0. The first-order chi connectivity index (χ1) is 9.65. The molecule has 0 amide bonds. The van der Waals surface area contributed by atoms with Crippen molar-refractivity contribution in [2.45, 2.75) is 6.10 Å². The van der Waals surface area contributed by atoms with Crippen molar-refractivity contribution in [3.8, 4) is 0 Å². The van der Waals surface area contributed by atoms with Crippen LogP contribution in [-0.4, -0.2) is 10.1 Å². The number of aromatic nitrogens is 1. The Bertz CT molecular complexity index is 775. The third kappa shape index (κ3) is 2.38. The van der Waals surface area contributed by atoms with Gasteiger partial charge < -0.3 is 5.11 Å². The molecule has 1 unspecified atom stereocenters. The van der Waals surface area contributed by atoms with E-state index in [2.05, 4.69) is 4.98 Å². The maximum Gasteiger partial charge on any atom is 0.129 e. The highest BCUT2D eigenvalue weighted by Crippen LogP contribution is 2.28. The van der Waals surface area contributed by atoms with E-state index < -0.39 is 11.9 Å². The molecule has 0 saturated carbocycles. The van der Waals surface area contributed by atoms with E-state index in [1.807, 2.05) is 24.3 Å². The molecule has 1 atom stereocenters. The maximum atomic E-state index is 13.8. The van der Waals surface area contributed by atoms with Gasteiger partial charge in [0.05, 0.1) is 5.52 Å². The third-order valence-corrected chi connectivity index (χ3v) is 3.42. The number of benzene rings is 2. The van der Waals surface area contributed by atoms with E-state index in [-0.39, 0.29) is 5.56 Å². The second-order valence-electron chi connectivity index (χ2n) is 4.53. The summed E-state index contributed by atoms with van der Waals surface area (Å²) >= 11 is 5.85. The monoisotopic (exact) mass is 287 g/mol. The molecule has 3 rings (SSSR count). The van der Waals surface area contributed by atoms with Gasteiger partial charge in [0.2, 0.25) is 0 Å². The molecule has 2 aromatic carbocycles. The predicted octanol–water partition coefficient (Wildman–Crippen LogP) is 4.11. The Kier molecular flexibility index (Phi) is 3.38. The highest BCUT2D eigenvalue weighted by Gasteiger charge is 2.16. The van der Waals surface area contributed by atoms with Crippen molar-refractivity contribution < 1.29 is 9.50 Å². The van der Waals surface area contributed by atoms with Crippen molar-refractivity contribution in [3.63, 3.8) is 0 Å². The second kappa shape index (κ2) is 5.19. The number of para-hydroxylation sites is 1. The van der Waals surface area contributed by atoms with Crippen molar-refractivity contribution in [1.29, 1.82) is 0 Å². The quantitative estimate of drug-likeness (QED) is 0.769. The van der Waals surface area contributed by atoms with Crippen molar-refractivity contribution in [3.05, 3.63) is 76.7 Å². The first-order valence-corrected chi connectivity index (χ1v) is 6.50. The smallest absolute Gasteiger partial charge is 0.129 e. The van der Waals surface area contributed by atoms with Crippen LogP contribution >= 0.6 is 11.6 Å². The number of aliphatic hydroxyl groups is 1. The van der Waals surface area contributed by atoms with Crippen LogP contribution in [0.15, 0.2) is 54.7 Å². The second-order valence-corrected chi connectivity index (χ2v) is 4.97. The van der Waals surface area contributed by atoms with Gasteiger partial charge in [-0.15, -0.1) is 0 Å². The summed E-state index contributed by atoms with van der Waals surface area (Å²) in [5.74, 6) is -0.491. The van der Waals surface area contributed by atoms with E-state index >= 15 is 0 Å². The van der Waals surface area contributed by atoms with Crippen LogP contribution in [0, 0.1) is 5.82 Å². The van der Waals surface area contributed by atoms with Crippen LogP contribution in [0.2, 0.25) is 5.02 Å².